The SMILES string of the molecule is C=C(/C=C\C1=C(C)NCCC1)CCCN1CCN([C@@H](CC(=O)O)c2ccc(F)c(C(F)(F)F)c2)C1=O. The van der Waals surface area contributed by atoms with Gasteiger partial charge in [-0.3, -0.25) is 4.79 Å². The summed E-state index contributed by atoms with van der Waals surface area (Å²) in [7, 11) is 0. The number of amides is 2. The van der Waals surface area contributed by atoms with E-state index in [9.17, 15) is 32.3 Å². The van der Waals surface area contributed by atoms with Crippen molar-refractivity contribution in [3.05, 3.63) is 70.7 Å². The zero-order chi connectivity index (χ0) is 26.5. The molecule has 2 aliphatic rings. The van der Waals surface area contributed by atoms with Gasteiger partial charge in [0.2, 0.25) is 0 Å². The van der Waals surface area contributed by atoms with E-state index in [4.69, 9.17) is 0 Å². The van der Waals surface area contributed by atoms with Crippen molar-refractivity contribution >= 4 is 12.0 Å². The fraction of sp³-hybridized carbons (Fsp3) is 0.462. The number of aliphatic carboxylic acids is 1. The molecule has 0 unspecified atom stereocenters. The molecule has 1 saturated heterocycles. The number of nitrogens with zero attached hydrogens (tertiary/aromatic N) is 2. The number of urea groups is 1. The van der Waals surface area contributed by atoms with Gasteiger partial charge in [-0.2, -0.15) is 13.2 Å². The van der Waals surface area contributed by atoms with Crippen LogP contribution in [0.25, 0.3) is 0 Å². The molecule has 1 aromatic carbocycles. The van der Waals surface area contributed by atoms with Gasteiger partial charge in [-0.25, -0.2) is 9.18 Å². The molecule has 2 heterocycles. The van der Waals surface area contributed by atoms with Crippen molar-refractivity contribution in [3.8, 4) is 0 Å². The molecular formula is C26H31F4N3O3. The number of carbonyl (C=O) groups is 2. The van der Waals surface area contributed by atoms with Crippen LogP contribution in [0.15, 0.2) is 53.8 Å². The summed E-state index contributed by atoms with van der Waals surface area (Å²) < 4.78 is 53.3. The molecule has 1 atom stereocenters. The highest BCUT2D eigenvalue weighted by atomic mass is 19.4. The Balaban J connectivity index is 1.62. The molecule has 0 radical (unpaired) electrons. The summed E-state index contributed by atoms with van der Waals surface area (Å²) in [6, 6.07) is 0.762. The minimum Gasteiger partial charge on any atom is -0.481 e. The zero-order valence-corrected chi connectivity index (χ0v) is 20.2. The summed E-state index contributed by atoms with van der Waals surface area (Å²) in [4.78, 5) is 27.3. The smallest absolute Gasteiger partial charge is 0.419 e. The Morgan fingerprint density at radius 2 is 2.06 bits per heavy atom. The van der Waals surface area contributed by atoms with Crippen molar-refractivity contribution in [3.63, 3.8) is 0 Å². The average molecular weight is 510 g/mol. The van der Waals surface area contributed by atoms with Crippen LogP contribution in [0.5, 0.6) is 0 Å². The summed E-state index contributed by atoms with van der Waals surface area (Å²) in [5.74, 6) is -2.72. The number of carboxylic acids is 1. The normalized spacial score (nSPS) is 17.6. The number of alkyl halides is 3. The highest BCUT2D eigenvalue weighted by Crippen LogP contribution is 2.36. The van der Waals surface area contributed by atoms with E-state index in [0.29, 0.717) is 38.1 Å². The van der Waals surface area contributed by atoms with Crippen LogP contribution in [0, 0.1) is 5.82 Å². The zero-order valence-electron chi connectivity index (χ0n) is 20.2. The summed E-state index contributed by atoms with van der Waals surface area (Å²) in [6.45, 7) is 7.97. The average Bonchev–Trinajstić information content (AvgIpc) is 3.16. The second-order valence-corrected chi connectivity index (χ2v) is 9.09. The lowest BCUT2D eigenvalue weighted by Crippen LogP contribution is -2.36. The van der Waals surface area contributed by atoms with Crippen LogP contribution in [-0.4, -0.2) is 53.1 Å². The van der Waals surface area contributed by atoms with Gasteiger partial charge in [0, 0.05) is 31.9 Å². The van der Waals surface area contributed by atoms with Crippen LogP contribution in [0.3, 0.4) is 0 Å². The molecule has 0 saturated carbocycles. The molecule has 2 N–H and O–H groups in total. The highest BCUT2D eigenvalue weighted by Gasteiger charge is 2.38. The molecule has 10 heteroatoms. The summed E-state index contributed by atoms with van der Waals surface area (Å²) in [6.07, 6.45) is 1.89. The minimum atomic E-state index is -4.94. The lowest BCUT2D eigenvalue weighted by atomic mass is 9.99. The highest BCUT2D eigenvalue weighted by molar-refractivity contribution is 5.78. The maximum atomic E-state index is 13.7. The molecule has 2 aliphatic heterocycles. The summed E-state index contributed by atoms with van der Waals surface area (Å²) in [5.41, 5.74) is 1.76. The van der Waals surface area contributed by atoms with Gasteiger partial charge in [-0.1, -0.05) is 30.4 Å². The second kappa shape index (κ2) is 11.6. The first-order valence-corrected chi connectivity index (χ1v) is 11.9. The van der Waals surface area contributed by atoms with E-state index in [0.717, 1.165) is 36.7 Å². The molecule has 3 rings (SSSR count). The first kappa shape index (κ1) is 27.3. The standard InChI is InChI=1S/C26H31F4N3O3/c1-17(7-8-19-6-3-11-31-18(19)2)5-4-12-32-13-14-33(25(32)36)23(16-24(34)35)20-9-10-22(27)21(15-20)26(28,29)30/h7-10,15,23,31H,1,3-6,11-14,16H2,2H3,(H,34,35)/b8-7-/t23-/m0/s1. The Morgan fingerprint density at radius 1 is 1.31 bits per heavy atom. The monoisotopic (exact) mass is 509 g/mol. The van der Waals surface area contributed by atoms with Crippen molar-refractivity contribution in [2.45, 2.75) is 51.2 Å². The molecule has 1 aromatic rings. The van der Waals surface area contributed by atoms with E-state index in [1.54, 1.807) is 4.90 Å². The van der Waals surface area contributed by atoms with Crippen LogP contribution in [0.1, 0.15) is 56.2 Å². The number of allylic oxidation sites excluding steroid dienone is 5. The first-order chi connectivity index (χ1) is 17.0. The maximum Gasteiger partial charge on any atom is 0.419 e. The number of nitrogens with one attached hydrogen (secondary N) is 1. The van der Waals surface area contributed by atoms with E-state index < -0.39 is 42.0 Å². The number of benzene rings is 1. The van der Waals surface area contributed by atoms with E-state index in [-0.39, 0.29) is 12.1 Å². The third-order valence-electron chi connectivity index (χ3n) is 6.49. The molecule has 196 valence electrons. The van der Waals surface area contributed by atoms with Crippen molar-refractivity contribution in [2.24, 2.45) is 0 Å². The number of carbonyl (C=O) groups excluding carboxylic acids is 1. The van der Waals surface area contributed by atoms with Gasteiger partial charge in [0.25, 0.3) is 0 Å². The molecule has 0 spiro atoms. The predicted octanol–water partition coefficient (Wildman–Crippen LogP) is 5.65. The molecule has 0 aliphatic carbocycles. The van der Waals surface area contributed by atoms with Gasteiger partial charge < -0.3 is 20.2 Å². The topological polar surface area (TPSA) is 72.9 Å². The van der Waals surface area contributed by atoms with Crippen LogP contribution >= 0.6 is 0 Å². The van der Waals surface area contributed by atoms with Gasteiger partial charge in [0.15, 0.2) is 0 Å². The number of halogens is 4. The lowest BCUT2D eigenvalue weighted by molar-refractivity contribution is -0.140. The number of rotatable bonds is 10. The predicted molar refractivity (Wildman–Crippen MR) is 128 cm³/mol. The van der Waals surface area contributed by atoms with E-state index in [1.165, 1.54) is 10.5 Å². The summed E-state index contributed by atoms with van der Waals surface area (Å²) >= 11 is 0. The Bertz CT molecular complexity index is 1070. The third kappa shape index (κ3) is 6.89. The van der Waals surface area contributed by atoms with E-state index >= 15 is 0 Å². The first-order valence-electron chi connectivity index (χ1n) is 11.9. The quantitative estimate of drug-likeness (QED) is 0.316. The van der Waals surface area contributed by atoms with Crippen LogP contribution in [-0.2, 0) is 11.0 Å². The lowest BCUT2D eigenvalue weighted by Gasteiger charge is -2.28. The van der Waals surface area contributed by atoms with Gasteiger partial charge in [-0.15, -0.1) is 0 Å². The molecule has 0 bridgehead atoms. The number of hydrogen-bond donors (Lipinski definition) is 2. The Kier molecular flexibility index (Phi) is 8.81. The molecule has 36 heavy (non-hydrogen) atoms. The molecule has 2 amide bonds. The minimum absolute atomic E-state index is 0.0679. The Labute approximate surface area is 207 Å². The van der Waals surface area contributed by atoms with Gasteiger partial charge in [-0.05, 0) is 55.9 Å². The number of carboxylic acid groups (broad SMARTS) is 1. The van der Waals surface area contributed by atoms with Crippen molar-refractivity contribution < 1.29 is 32.3 Å². The van der Waals surface area contributed by atoms with Crippen molar-refractivity contribution in [1.29, 1.82) is 0 Å². The van der Waals surface area contributed by atoms with Crippen LogP contribution < -0.4 is 5.32 Å². The molecular weight excluding hydrogens is 478 g/mol. The number of hydrogen-bond acceptors (Lipinski definition) is 3. The fourth-order valence-electron chi connectivity index (χ4n) is 4.50. The molecule has 0 aromatic heterocycles. The summed E-state index contributed by atoms with van der Waals surface area (Å²) in [5, 5.41) is 12.7. The Morgan fingerprint density at radius 3 is 2.72 bits per heavy atom. The van der Waals surface area contributed by atoms with E-state index in [2.05, 4.69) is 18.0 Å². The van der Waals surface area contributed by atoms with Gasteiger partial charge in [0.1, 0.15) is 5.82 Å². The van der Waals surface area contributed by atoms with Gasteiger partial charge >= 0.3 is 18.2 Å². The Hall–Kier alpha value is -3.30. The fourth-order valence-corrected chi connectivity index (χ4v) is 4.50. The van der Waals surface area contributed by atoms with E-state index in [1.807, 2.05) is 13.0 Å². The molecule has 6 nitrogen and oxygen atoms in total. The van der Waals surface area contributed by atoms with Crippen LogP contribution in [0.2, 0.25) is 0 Å². The van der Waals surface area contributed by atoms with Crippen molar-refractivity contribution in [1.82, 2.24) is 15.1 Å². The second-order valence-electron chi connectivity index (χ2n) is 9.09. The third-order valence-corrected chi connectivity index (χ3v) is 6.49. The largest absolute Gasteiger partial charge is 0.481 e. The molecule has 1 fully saturated rings. The van der Waals surface area contributed by atoms with Gasteiger partial charge in [0.05, 0.1) is 18.0 Å². The van der Waals surface area contributed by atoms with Crippen LogP contribution in [0.4, 0.5) is 22.4 Å². The maximum absolute atomic E-state index is 13.7. The van der Waals surface area contributed by atoms with Crippen molar-refractivity contribution in [2.75, 3.05) is 26.2 Å².